The molecular formula is C16H15BrN2O2. The van der Waals surface area contributed by atoms with E-state index in [1.807, 2.05) is 43.3 Å². The van der Waals surface area contributed by atoms with Crippen LogP contribution in [0.5, 0.6) is 0 Å². The van der Waals surface area contributed by atoms with E-state index >= 15 is 0 Å². The van der Waals surface area contributed by atoms with Crippen LogP contribution in [0.15, 0.2) is 58.2 Å². The summed E-state index contributed by atoms with van der Waals surface area (Å²) in [5.41, 5.74) is 2.78. The standard InChI is InChI=1S/C16H15BrN2O2/c1-12-4-2-3-5-13(12)10-18-21-11-16(20)19-15-8-6-14(17)7-9-15/h2-10H,11H2,1H3,(H,19,20)/b18-10+. The van der Waals surface area contributed by atoms with Crippen molar-refractivity contribution in [1.29, 1.82) is 0 Å². The van der Waals surface area contributed by atoms with Gasteiger partial charge < -0.3 is 10.2 Å². The van der Waals surface area contributed by atoms with Gasteiger partial charge in [0.25, 0.3) is 5.91 Å². The van der Waals surface area contributed by atoms with Gasteiger partial charge in [-0.15, -0.1) is 0 Å². The number of anilines is 1. The molecule has 108 valence electrons. The van der Waals surface area contributed by atoms with Crippen molar-refractivity contribution < 1.29 is 9.63 Å². The van der Waals surface area contributed by atoms with Gasteiger partial charge in [-0.2, -0.15) is 0 Å². The molecule has 0 aliphatic rings. The zero-order valence-electron chi connectivity index (χ0n) is 11.5. The Kier molecular flexibility index (Phi) is 5.51. The third-order valence-corrected chi connectivity index (χ3v) is 3.31. The molecule has 0 fully saturated rings. The predicted octanol–water partition coefficient (Wildman–Crippen LogP) is 3.75. The Morgan fingerprint density at radius 3 is 2.67 bits per heavy atom. The lowest BCUT2D eigenvalue weighted by Gasteiger charge is -2.04. The van der Waals surface area contributed by atoms with Gasteiger partial charge in [-0.25, -0.2) is 0 Å². The number of benzene rings is 2. The predicted molar refractivity (Wildman–Crippen MR) is 87.5 cm³/mol. The summed E-state index contributed by atoms with van der Waals surface area (Å²) in [6, 6.07) is 15.1. The molecule has 0 aliphatic carbocycles. The molecule has 0 unspecified atom stereocenters. The third-order valence-electron chi connectivity index (χ3n) is 2.78. The zero-order chi connectivity index (χ0) is 15.1. The number of halogens is 1. The van der Waals surface area contributed by atoms with Crippen molar-refractivity contribution in [3.8, 4) is 0 Å². The quantitative estimate of drug-likeness (QED) is 0.662. The maximum atomic E-state index is 11.7. The van der Waals surface area contributed by atoms with Crippen molar-refractivity contribution in [3.05, 3.63) is 64.1 Å². The van der Waals surface area contributed by atoms with E-state index in [0.717, 1.165) is 21.3 Å². The van der Waals surface area contributed by atoms with Crippen LogP contribution in [0, 0.1) is 6.92 Å². The number of aryl methyl sites for hydroxylation is 1. The molecule has 4 nitrogen and oxygen atoms in total. The van der Waals surface area contributed by atoms with Gasteiger partial charge in [0.15, 0.2) is 6.61 Å². The highest BCUT2D eigenvalue weighted by atomic mass is 79.9. The van der Waals surface area contributed by atoms with Gasteiger partial charge in [0.1, 0.15) is 0 Å². The summed E-state index contributed by atoms with van der Waals surface area (Å²) in [5.74, 6) is -0.251. The van der Waals surface area contributed by atoms with Crippen molar-refractivity contribution in [2.75, 3.05) is 11.9 Å². The van der Waals surface area contributed by atoms with Crippen LogP contribution in [0.1, 0.15) is 11.1 Å². The van der Waals surface area contributed by atoms with Crippen molar-refractivity contribution in [2.45, 2.75) is 6.92 Å². The Bertz CT molecular complexity index is 639. The first-order valence-electron chi connectivity index (χ1n) is 6.41. The SMILES string of the molecule is Cc1ccccc1/C=N/OCC(=O)Nc1ccc(Br)cc1. The monoisotopic (exact) mass is 346 g/mol. The van der Waals surface area contributed by atoms with E-state index in [2.05, 4.69) is 26.4 Å². The zero-order valence-corrected chi connectivity index (χ0v) is 13.1. The van der Waals surface area contributed by atoms with Gasteiger partial charge >= 0.3 is 0 Å². The van der Waals surface area contributed by atoms with Crippen LogP contribution < -0.4 is 5.32 Å². The molecule has 2 aromatic rings. The van der Waals surface area contributed by atoms with Crippen LogP contribution >= 0.6 is 15.9 Å². The highest BCUT2D eigenvalue weighted by Crippen LogP contribution is 2.13. The Morgan fingerprint density at radius 2 is 1.95 bits per heavy atom. The lowest BCUT2D eigenvalue weighted by molar-refractivity contribution is -0.120. The van der Waals surface area contributed by atoms with Crippen molar-refractivity contribution >= 4 is 33.7 Å². The highest BCUT2D eigenvalue weighted by Gasteiger charge is 2.02. The minimum atomic E-state index is -0.251. The van der Waals surface area contributed by atoms with Gasteiger partial charge in [-0.3, -0.25) is 4.79 Å². The molecule has 0 aromatic heterocycles. The highest BCUT2D eigenvalue weighted by molar-refractivity contribution is 9.10. The summed E-state index contributed by atoms with van der Waals surface area (Å²) in [5, 5.41) is 6.53. The summed E-state index contributed by atoms with van der Waals surface area (Å²) < 4.78 is 0.958. The largest absolute Gasteiger partial charge is 0.386 e. The number of hydrogen-bond donors (Lipinski definition) is 1. The van der Waals surface area contributed by atoms with Gasteiger partial charge in [-0.1, -0.05) is 45.4 Å². The molecule has 0 heterocycles. The number of nitrogens with zero attached hydrogens (tertiary/aromatic N) is 1. The summed E-state index contributed by atoms with van der Waals surface area (Å²) in [6.07, 6.45) is 1.60. The normalized spacial score (nSPS) is 10.6. The molecule has 0 atom stereocenters. The van der Waals surface area contributed by atoms with E-state index in [-0.39, 0.29) is 12.5 Å². The van der Waals surface area contributed by atoms with Gasteiger partial charge in [0.2, 0.25) is 0 Å². The smallest absolute Gasteiger partial charge is 0.265 e. The molecule has 0 aliphatic heterocycles. The number of carbonyl (C=O) groups excluding carboxylic acids is 1. The molecule has 0 saturated carbocycles. The maximum absolute atomic E-state index is 11.7. The van der Waals surface area contributed by atoms with E-state index in [0.29, 0.717) is 0 Å². The average molecular weight is 347 g/mol. The Morgan fingerprint density at radius 1 is 1.24 bits per heavy atom. The van der Waals surface area contributed by atoms with Crippen LogP contribution in [0.3, 0.4) is 0 Å². The minimum Gasteiger partial charge on any atom is -0.386 e. The Balaban J connectivity index is 1.79. The number of hydrogen-bond acceptors (Lipinski definition) is 3. The molecule has 2 aromatic carbocycles. The first-order valence-corrected chi connectivity index (χ1v) is 7.21. The maximum Gasteiger partial charge on any atom is 0.265 e. The molecule has 0 bridgehead atoms. The van der Waals surface area contributed by atoms with E-state index in [4.69, 9.17) is 4.84 Å². The second-order valence-corrected chi connectivity index (χ2v) is 5.34. The molecule has 2 rings (SSSR count). The van der Waals surface area contributed by atoms with Crippen molar-refractivity contribution in [2.24, 2.45) is 5.16 Å². The molecule has 0 radical (unpaired) electrons. The molecule has 21 heavy (non-hydrogen) atoms. The van der Waals surface area contributed by atoms with Crippen LogP contribution in [0.25, 0.3) is 0 Å². The number of oxime groups is 1. The summed E-state index contributed by atoms with van der Waals surface area (Å²) in [4.78, 5) is 16.7. The molecule has 1 amide bonds. The average Bonchev–Trinajstić information content (AvgIpc) is 2.48. The molecule has 1 N–H and O–H groups in total. The number of carbonyl (C=O) groups is 1. The van der Waals surface area contributed by atoms with Crippen LogP contribution in [-0.4, -0.2) is 18.7 Å². The first-order chi connectivity index (χ1) is 10.1. The topological polar surface area (TPSA) is 50.7 Å². The fourth-order valence-corrected chi connectivity index (χ4v) is 1.92. The molecule has 0 spiro atoms. The fraction of sp³-hybridized carbons (Fsp3) is 0.125. The molecule has 5 heteroatoms. The summed E-state index contributed by atoms with van der Waals surface area (Å²) in [7, 11) is 0. The van der Waals surface area contributed by atoms with Gasteiger partial charge in [-0.05, 0) is 42.3 Å². The van der Waals surface area contributed by atoms with E-state index in [1.165, 1.54) is 0 Å². The first kappa shape index (κ1) is 15.3. The summed E-state index contributed by atoms with van der Waals surface area (Å²) in [6.45, 7) is 1.86. The van der Waals surface area contributed by atoms with E-state index in [1.54, 1.807) is 18.3 Å². The van der Waals surface area contributed by atoms with Crippen molar-refractivity contribution in [3.63, 3.8) is 0 Å². The third kappa shape index (κ3) is 5.04. The number of amides is 1. The van der Waals surface area contributed by atoms with Crippen LogP contribution in [0.4, 0.5) is 5.69 Å². The number of nitrogens with one attached hydrogen (secondary N) is 1. The lowest BCUT2D eigenvalue weighted by Crippen LogP contribution is -2.16. The van der Waals surface area contributed by atoms with Crippen molar-refractivity contribution in [1.82, 2.24) is 0 Å². The van der Waals surface area contributed by atoms with Crippen LogP contribution in [0.2, 0.25) is 0 Å². The van der Waals surface area contributed by atoms with E-state index < -0.39 is 0 Å². The Hall–Kier alpha value is -2.14. The lowest BCUT2D eigenvalue weighted by atomic mass is 10.1. The second-order valence-electron chi connectivity index (χ2n) is 4.42. The van der Waals surface area contributed by atoms with E-state index in [9.17, 15) is 4.79 Å². The minimum absolute atomic E-state index is 0.127. The second kappa shape index (κ2) is 7.59. The summed E-state index contributed by atoms with van der Waals surface area (Å²) >= 11 is 3.33. The van der Waals surface area contributed by atoms with Gasteiger partial charge in [0, 0.05) is 10.2 Å². The fourth-order valence-electron chi connectivity index (χ4n) is 1.65. The van der Waals surface area contributed by atoms with Gasteiger partial charge in [0.05, 0.1) is 6.21 Å². The molecule has 0 saturated heterocycles. The Labute approximate surface area is 131 Å². The van der Waals surface area contributed by atoms with Crippen LogP contribution in [-0.2, 0) is 9.63 Å². The number of rotatable bonds is 5. The molecular weight excluding hydrogens is 332 g/mol.